The van der Waals surface area contributed by atoms with E-state index in [1.165, 1.54) is 41.3 Å². The molecule has 0 aliphatic carbocycles. The Bertz CT molecular complexity index is 1250. The van der Waals surface area contributed by atoms with Gasteiger partial charge in [-0.3, -0.25) is 4.79 Å². The number of rotatable bonds is 6. The van der Waals surface area contributed by atoms with Gasteiger partial charge in [0.1, 0.15) is 18.2 Å². The zero-order chi connectivity index (χ0) is 21.6. The Kier molecular flexibility index (Phi) is 6.38. The van der Waals surface area contributed by atoms with Crippen LogP contribution in [0.4, 0.5) is 4.39 Å². The Morgan fingerprint density at radius 1 is 1.00 bits per heavy atom. The lowest BCUT2D eigenvalue weighted by atomic mass is 10.1. The molecule has 4 aromatic carbocycles. The molecule has 0 radical (unpaired) electrons. The number of benzene rings is 4. The second-order valence-electron chi connectivity index (χ2n) is 6.82. The average molecular weight is 477 g/mol. The minimum atomic E-state index is -0.412. The van der Waals surface area contributed by atoms with Crippen LogP contribution in [0.2, 0.25) is 0 Å². The quantitative estimate of drug-likeness (QED) is 0.270. The highest BCUT2D eigenvalue weighted by molar-refractivity contribution is 9.10. The van der Waals surface area contributed by atoms with E-state index >= 15 is 0 Å². The first-order valence-corrected chi connectivity index (χ1v) is 10.4. The van der Waals surface area contributed by atoms with E-state index in [0.29, 0.717) is 17.9 Å². The van der Waals surface area contributed by atoms with Crippen molar-refractivity contribution in [3.63, 3.8) is 0 Å². The molecule has 154 valence electrons. The van der Waals surface area contributed by atoms with Crippen LogP contribution in [-0.4, -0.2) is 12.1 Å². The van der Waals surface area contributed by atoms with Crippen LogP contribution in [0.3, 0.4) is 0 Å². The van der Waals surface area contributed by atoms with Gasteiger partial charge in [-0.1, -0.05) is 42.5 Å². The summed E-state index contributed by atoms with van der Waals surface area (Å²) in [5.41, 5.74) is 4.65. The smallest absolute Gasteiger partial charge is 0.271 e. The van der Waals surface area contributed by atoms with Gasteiger partial charge in [0.25, 0.3) is 5.91 Å². The number of nitrogens with one attached hydrogen (secondary N) is 1. The van der Waals surface area contributed by atoms with E-state index in [0.717, 1.165) is 15.6 Å². The molecule has 4 nitrogen and oxygen atoms in total. The van der Waals surface area contributed by atoms with E-state index < -0.39 is 11.7 Å². The van der Waals surface area contributed by atoms with Crippen LogP contribution >= 0.6 is 15.9 Å². The number of hydrogen-bond donors (Lipinski definition) is 1. The number of fused-ring (bicyclic) bond motifs is 1. The molecule has 0 spiro atoms. The fourth-order valence-corrected chi connectivity index (χ4v) is 3.63. The fourth-order valence-electron chi connectivity index (χ4n) is 3.12. The van der Waals surface area contributed by atoms with Crippen molar-refractivity contribution < 1.29 is 13.9 Å². The summed E-state index contributed by atoms with van der Waals surface area (Å²) in [7, 11) is 0. The van der Waals surface area contributed by atoms with Gasteiger partial charge in [0, 0.05) is 5.56 Å². The maximum absolute atomic E-state index is 12.9. The van der Waals surface area contributed by atoms with Crippen LogP contribution in [0.25, 0.3) is 10.8 Å². The number of carbonyl (C=O) groups is 1. The molecule has 0 atom stereocenters. The van der Waals surface area contributed by atoms with Crippen LogP contribution < -0.4 is 10.2 Å². The lowest BCUT2D eigenvalue weighted by Gasteiger charge is -2.11. The first-order chi connectivity index (χ1) is 15.1. The summed E-state index contributed by atoms with van der Waals surface area (Å²) in [6, 6.07) is 25.2. The van der Waals surface area contributed by atoms with Gasteiger partial charge in [0.15, 0.2) is 0 Å². The topological polar surface area (TPSA) is 50.7 Å². The van der Waals surface area contributed by atoms with Crippen molar-refractivity contribution in [3.8, 4) is 5.75 Å². The standard InChI is InChI=1S/C25H18BrFN2O2/c26-23-14-17(15-28-29-25(30)19-9-11-21(27)12-10-19)8-13-24(23)31-16-20-6-3-5-18-4-1-2-7-22(18)20/h1-15H,16H2,(H,29,30)/b28-15-. The molecule has 0 aliphatic rings. The molecule has 1 N–H and O–H groups in total. The Morgan fingerprint density at radius 3 is 2.58 bits per heavy atom. The molecule has 0 fully saturated rings. The molecule has 0 heterocycles. The number of carbonyl (C=O) groups excluding carboxylic acids is 1. The summed E-state index contributed by atoms with van der Waals surface area (Å²) >= 11 is 3.53. The van der Waals surface area contributed by atoms with Crippen LogP contribution in [0.15, 0.2) is 94.5 Å². The molecule has 0 unspecified atom stereocenters. The third-order valence-corrected chi connectivity index (χ3v) is 5.32. The molecular formula is C25H18BrFN2O2. The van der Waals surface area contributed by atoms with E-state index in [1.807, 2.05) is 36.4 Å². The normalized spacial score (nSPS) is 11.0. The molecule has 4 aromatic rings. The first-order valence-electron chi connectivity index (χ1n) is 9.58. The van der Waals surface area contributed by atoms with Gasteiger partial charge in [0.05, 0.1) is 10.7 Å². The Balaban J connectivity index is 1.39. The van der Waals surface area contributed by atoms with Gasteiger partial charge in [0.2, 0.25) is 0 Å². The summed E-state index contributed by atoms with van der Waals surface area (Å²) in [6.07, 6.45) is 1.53. The monoisotopic (exact) mass is 476 g/mol. The maximum Gasteiger partial charge on any atom is 0.271 e. The Labute approximate surface area is 187 Å². The Hall–Kier alpha value is -3.51. The van der Waals surface area contributed by atoms with Crippen molar-refractivity contribution in [2.45, 2.75) is 6.61 Å². The average Bonchev–Trinajstić information content (AvgIpc) is 2.79. The summed E-state index contributed by atoms with van der Waals surface area (Å²) in [5.74, 6) is -0.0987. The van der Waals surface area contributed by atoms with E-state index in [2.05, 4.69) is 50.7 Å². The molecule has 0 saturated heterocycles. The van der Waals surface area contributed by atoms with E-state index in [4.69, 9.17) is 4.74 Å². The van der Waals surface area contributed by atoms with E-state index in [9.17, 15) is 9.18 Å². The number of hydrogen-bond acceptors (Lipinski definition) is 3. The summed E-state index contributed by atoms with van der Waals surface area (Å²) in [4.78, 5) is 12.0. The van der Waals surface area contributed by atoms with Gasteiger partial charge < -0.3 is 4.74 Å². The molecule has 6 heteroatoms. The molecule has 0 aliphatic heterocycles. The minimum absolute atomic E-state index is 0.330. The van der Waals surface area contributed by atoms with Gasteiger partial charge >= 0.3 is 0 Å². The number of amides is 1. The fraction of sp³-hybridized carbons (Fsp3) is 0.0400. The van der Waals surface area contributed by atoms with Crippen molar-refractivity contribution >= 4 is 38.8 Å². The van der Waals surface area contributed by atoms with Gasteiger partial charge in [-0.2, -0.15) is 5.10 Å². The predicted molar refractivity (Wildman–Crippen MR) is 124 cm³/mol. The maximum atomic E-state index is 12.9. The van der Waals surface area contributed by atoms with Gasteiger partial charge in [-0.25, -0.2) is 9.82 Å². The summed E-state index contributed by atoms with van der Waals surface area (Å²) in [5, 5.41) is 6.30. The predicted octanol–water partition coefficient (Wildman–Crippen LogP) is 6.08. The number of ether oxygens (including phenoxy) is 1. The van der Waals surface area contributed by atoms with Gasteiger partial charge in [-0.05, 0) is 80.3 Å². The van der Waals surface area contributed by atoms with Crippen molar-refractivity contribution in [1.82, 2.24) is 5.43 Å². The zero-order valence-electron chi connectivity index (χ0n) is 16.4. The number of hydrazone groups is 1. The summed E-state index contributed by atoms with van der Waals surface area (Å²) in [6.45, 7) is 0.446. The first kappa shape index (κ1) is 20.8. The van der Waals surface area contributed by atoms with Crippen molar-refractivity contribution in [1.29, 1.82) is 0 Å². The molecule has 1 amide bonds. The van der Waals surface area contributed by atoms with E-state index in [-0.39, 0.29) is 0 Å². The molecule has 0 bridgehead atoms. The van der Waals surface area contributed by atoms with Crippen molar-refractivity contribution in [2.75, 3.05) is 0 Å². The van der Waals surface area contributed by atoms with Crippen LogP contribution in [-0.2, 0) is 6.61 Å². The second kappa shape index (κ2) is 9.53. The highest BCUT2D eigenvalue weighted by Gasteiger charge is 2.06. The molecule has 0 saturated carbocycles. The van der Waals surface area contributed by atoms with Gasteiger partial charge in [-0.15, -0.1) is 0 Å². The lowest BCUT2D eigenvalue weighted by Crippen LogP contribution is -2.17. The molecule has 4 rings (SSSR count). The van der Waals surface area contributed by atoms with Crippen LogP contribution in [0.5, 0.6) is 5.75 Å². The highest BCUT2D eigenvalue weighted by Crippen LogP contribution is 2.27. The van der Waals surface area contributed by atoms with Crippen molar-refractivity contribution in [3.05, 3.63) is 112 Å². The number of nitrogens with zero attached hydrogens (tertiary/aromatic N) is 1. The largest absolute Gasteiger partial charge is 0.488 e. The SMILES string of the molecule is O=C(N/N=C\c1ccc(OCc2cccc3ccccc23)c(Br)c1)c1ccc(F)cc1. The Morgan fingerprint density at radius 2 is 1.77 bits per heavy atom. The highest BCUT2D eigenvalue weighted by atomic mass is 79.9. The third kappa shape index (κ3) is 5.16. The summed E-state index contributed by atoms with van der Waals surface area (Å²) < 4.78 is 19.7. The lowest BCUT2D eigenvalue weighted by molar-refractivity contribution is 0.0955. The zero-order valence-corrected chi connectivity index (χ0v) is 18.0. The van der Waals surface area contributed by atoms with E-state index in [1.54, 1.807) is 0 Å². The van der Waals surface area contributed by atoms with Crippen LogP contribution in [0, 0.1) is 5.82 Å². The minimum Gasteiger partial charge on any atom is -0.488 e. The molecule has 31 heavy (non-hydrogen) atoms. The molecule has 0 aromatic heterocycles. The van der Waals surface area contributed by atoms with Crippen molar-refractivity contribution in [2.24, 2.45) is 5.10 Å². The second-order valence-corrected chi connectivity index (χ2v) is 7.68. The van der Waals surface area contributed by atoms with Crippen LogP contribution in [0.1, 0.15) is 21.5 Å². The number of halogens is 2. The third-order valence-electron chi connectivity index (χ3n) is 4.71. The molecular weight excluding hydrogens is 459 g/mol.